The Bertz CT molecular complexity index is 377. The minimum absolute atomic E-state index is 0.0874. The molecule has 1 heterocycles. The van der Waals surface area contributed by atoms with Crippen molar-refractivity contribution in [2.45, 2.75) is 59.6 Å². The molecule has 2 unspecified atom stereocenters. The Balaban J connectivity index is 2.70. The molecule has 0 spiro atoms. The molecule has 5 nitrogen and oxygen atoms in total. The van der Waals surface area contributed by atoms with Crippen molar-refractivity contribution < 1.29 is 9.26 Å². The molecule has 1 aromatic rings. The van der Waals surface area contributed by atoms with E-state index in [1.165, 1.54) is 0 Å². The molecular formula is C15H29N3O2. The quantitative estimate of drug-likeness (QED) is 0.755. The molecule has 0 saturated heterocycles. The fraction of sp³-hybridized carbons (Fsp3) is 0.867. The van der Waals surface area contributed by atoms with Gasteiger partial charge in [0.15, 0.2) is 0 Å². The first-order valence-electron chi connectivity index (χ1n) is 7.59. The van der Waals surface area contributed by atoms with Crippen molar-refractivity contribution >= 4 is 0 Å². The Morgan fingerprint density at radius 3 is 2.45 bits per heavy atom. The highest BCUT2D eigenvalue weighted by molar-refractivity contribution is 4.94. The normalized spacial score (nSPS) is 15.0. The van der Waals surface area contributed by atoms with E-state index in [1.54, 1.807) is 0 Å². The second-order valence-electron chi connectivity index (χ2n) is 5.99. The summed E-state index contributed by atoms with van der Waals surface area (Å²) in [7, 11) is 1.97. The van der Waals surface area contributed by atoms with E-state index < -0.39 is 0 Å². The maximum absolute atomic E-state index is 5.70. The zero-order valence-corrected chi connectivity index (χ0v) is 13.6. The van der Waals surface area contributed by atoms with Crippen LogP contribution < -0.4 is 5.32 Å². The molecule has 0 aliphatic heterocycles. The van der Waals surface area contributed by atoms with Crippen molar-refractivity contribution in [1.29, 1.82) is 0 Å². The molecule has 0 radical (unpaired) electrons. The van der Waals surface area contributed by atoms with Gasteiger partial charge in [0.1, 0.15) is 6.10 Å². The van der Waals surface area contributed by atoms with Crippen molar-refractivity contribution in [3.8, 4) is 0 Å². The average Bonchev–Trinajstić information content (AvgIpc) is 2.82. The third-order valence-electron chi connectivity index (χ3n) is 3.28. The Labute approximate surface area is 122 Å². The van der Waals surface area contributed by atoms with Gasteiger partial charge in [-0.05, 0) is 32.2 Å². The van der Waals surface area contributed by atoms with Gasteiger partial charge in [-0.15, -0.1) is 0 Å². The highest BCUT2D eigenvalue weighted by atomic mass is 16.5. The lowest BCUT2D eigenvalue weighted by molar-refractivity contribution is 0.0217. The monoisotopic (exact) mass is 283 g/mol. The first kappa shape index (κ1) is 17.1. The van der Waals surface area contributed by atoms with E-state index in [2.05, 4.69) is 43.2 Å². The van der Waals surface area contributed by atoms with Crippen LogP contribution in [0.25, 0.3) is 0 Å². The molecule has 1 rings (SSSR count). The van der Waals surface area contributed by atoms with Crippen molar-refractivity contribution in [3.05, 3.63) is 11.7 Å². The molecule has 1 N–H and O–H groups in total. The molecule has 116 valence electrons. The number of hydrogen-bond donors (Lipinski definition) is 1. The lowest BCUT2D eigenvalue weighted by Gasteiger charge is -2.17. The van der Waals surface area contributed by atoms with Gasteiger partial charge >= 0.3 is 0 Å². The van der Waals surface area contributed by atoms with Crippen LogP contribution in [-0.2, 0) is 11.2 Å². The highest BCUT2D eigenvalue weighted by Gasteiger charge is 2.23. The van der Waals surface area contributed by atoms with Crippen LogP contribution in [-0.4, -0.2) is 29.8 Å². The SMILES string of the molecule is CCOC(c1noc(CC(CC(C)C)NC)n1)C(C)C. The molecule has 5 heteroatoms. The van der Waals surface area contributed by atoms with E-state index in [9.17, 15) is 0 Å². The summed E-state index contributed by atoms with van der Waals surface area (Å²) in [4.78, 5) is 4.50. The maximum Gasteiger partial charge on any atom is 0.228 e. The standard InChI is InChI=1S/C15H29N3O2/c1-7-19-14(11(4)5)15-17-13(20-18-15)9-12(16-6)8-10(2)3/h10-12,14,16H,7-9H2,1-6H3. The molecule has 2 atom stereocenters. The van der Waals surface area contributed by atoms with Gasteiger partial charge in [0, 0.05) is 19.1 Å². The molecule has 0 aliphatic carbocycles. The zero-order chi connectivity index (χ0) is 15.1. The fourth-order valence-electron chi connectivity index (χ4n) is 2.29. The summed E-state index contributed by atoms with van der Waals surface area (Å²) in [5, 5.41) is 7.39. The topological polar surface area (TPSA) is 60.2 Å². The van der Waals surface area contributed by atoms with E-state index in [4.69, 9.17) is 9.26 Å². The van der Waals surface area contributed by atoms with Gasteiger partial charge < -0.3 is 14.6 Å². The number of rotatable bonds is 9. The van der Waals surface area contributed by atoms with Gasteiger partial charge in [-0.3, -0.25) is 0 Å². The van der Waals surface area contributed by atoms with Gasteiger partial charge in [-0.1, -0.05) is 32.9 Å². The predicted octanol–water partition coefficient (Wildman–Crippen LogP) is 2.98. The Morgan fingerprint density at radius 2 is 1.95 bits per heavy atom. The van der Waals surface area contributed by atoms with Crippen molar-refractivity contribution in [2.75, 3.05) is 13.7 Å². The second-order valence-corrected chi connectivity index (χ2v) is 5.99. The van der Waals surface area contributed by atoms with Crippen LogP contribution in [0.5, 0.6) is 0 Å². The number of likely N-dealkylation sites (N-methyl/N-ethyl adjacent to an activating group) is 1. The van der Waals surface area contributed by atoms with Crippen molar-refractivity contribution in [2.24, 2.45) is 11.8 Å². The fourth-order valence-corrected chi connectivity index (χ4v) is 2.29. The van der Waals surface area contributed by atoms with Crippen LogP contribution in [0, 0.1) is 11.8 Å². The third-order valence-corrected chi connectivity index (χ3v) is 3.28. The molecule has 0 fully saturated rings. The van der Waals surface area contributed by atoms with Gasteiger partial charge in [-0.25, -0.2) is 0 Å². The number of ether oxygens (including phenoxy) is 1. The summed E-state index contributed by atoms with van der Waals surface area (Å²) in [6.07, 6.45) is 1.77. The van der Waals surface area contributed by atoms with Gasteiger partial charge in [-0.2, -0.15) is 4.98 Å². The highest BCUT2D eigenvalue weighted by Crippen LogP contribution is 2.23. The number of nitrogens with zero attached hydrogens (tertiary/aromatic N) is 2. The summed E-state index contributed by atoms with van der Waals surface area (Å²) in [5.74, 6) is 2.32. The molecule has 0 saturated carbocycles. The summed E-state index contributed by atoms with van der Waals surface area (Å²) in [6.45, 7) is 11.3. The Kier molecular flexibility index (Phi) is 7.16. The van der Waals surface area contributed by atoms with E-state index in [1.807, 2.05) is 14.0 Å². The average molecular weight is 283 g/mol. The number of nitrogens with one attached hydrogen (secondary N) is 1. The molecule has 0 amide bonds. The molecule has 0 bridgehead atoms. The van der Waals surface area contributed by atoms with Crippen LogP contribution in [0.2, 0.25) is 0 Å². The van der Waals surface area contributed by atoms with E-state index in [0.29, 0.717) is 36.2 Å². The predicted molar refractivity (Wildman–Crippen MR) is 79.5 cm³/mol. The van der Waals surface area contributed by atoms with Crippen LogP contribution in [0.15, 0.2) is 4.52 Å². The van der Waals surface area contributed by atoms with Crippen LogP contribution >= 0.6 is 0 Å². The van der Waals surface area contributed by atoms with Crippen LogP contribution in [0.4, 0.5) is 0 Å². The second kappa shape index (κ2) is 8.37. The van der Waals surface area contributed by atoms with E-state index in [-0.39, 0.29) is 6.10 Å². The van der Waals surface area contributed by atoms with Crippen molar-refractivity contribution in [3.63, 3.8) is 0 Å². The summed E-state index contributed by atoms with van der Waals surface area (Å²) < 4.78 is 11.1. The first-order valence-corrected chi connectivity index (χ1v) is 7.59. The number of hydrogen-bond acceptors (Lipinski definition) is 5. The molecule has 20 heavy (non-hydrogen) atoms. The molecule has 1 aromatic heterocycles. The molecular weight excluding hydrogens is 254 g/mol. The summed E-state index contributed by atoms with van der Waals surface area (Å²) >= 11 is 0. The Hall–Kier alpha value is -0.940. The third kappa shape index (κ3) is 5.21. The van der Waals surface area contributed by atoms with Crippen LogP contribution in [0.1, 0.15) is 58.9 Å². The van der Waals surface area contributed by atoms with Gasteiger partial charge in [0.25, 0.3) is 0 Å². The lowest BCUT2D eigenvalue weighted by Crippen LogP contribution is -2.29. The molecule has 0 aromatic carbocycles. The maximum atomic E-state index is 5.70. The smallest absolute Gasteiger partial charge is 0.228 e. The van der Waals surface area contributed by atoms with Crippen molar-refractivity contribution in [1.82, 2.24) is 15.5 Å². The van der Waals surface area contributed by atoms with Gasteiger partial charge in [0.2, 0.25) is 11.7 Å². The molecule has 0 aliphatic rings. The first-order chi connectivity index (χ1) is 9.47. The van der Waals surface area contributed by atoms with Crippen LogP contribution in [0.3, 0.4) is 0 Å². The summed E-state index contributed by atoms with van der Waals surface area (Å²) in [6, 6.07) is 0.368. The minimum atomic E-state index is -0.0874. The van der Waals surface area contributed by atoms with E-state index in [0.717, 1.165) is 12.8 Å². The lowest BCUT2D eigenvalue weighted by atomic mass is 10.0. The summed E-state index contributed by atoms with van der Waals surface area (Å²) in [5.41, 5.74) is 0. The Morgan fingerprint density at radius 1 is 1.25 bits per heavy atom. The van der Waals surface area contributed by atoms with E-state index >= 15 is 0 Å². The zero-order valence-electron chi connectivity index (χ0n) is 13.6. The minimum Gasteiger partial charge on any atom is -0.370 e. The number of aromatic nitrogens is 2. The largest absolute Gasteiger partial charge is 0.370 e. The van der Waals surface area contributed by atoms with Gasteiger partial charge in [0.05, 0.1) is 0 Å².